The number of hydrogen-bond donors (Lipinski definition) is 2. The van der Waals surface area contributed by atoms with Gasteiger partial charge in [-0.05, 0) is 36.6 Å². The van der Waals surface area contributed by atoms with Crippen molar-refractivity contribution in [1.29, 1.82) is 0 Å². The maximum Gasteiger partial charge on any atom is 0.241 e. The maximum atomic E-state index is 12.4. The van der Waals surface area contributed by atoms with E-state index in [4.69, 9.17) is 11.6 Å². The van der Waals surface area contributed by atoms with Crippen LogP contribution in [0.1, 0.15) is 16.8 Å². The highest BCUT2D eigenvalue weighted by atomic mass is 35.5. The largest absolute Gasteiger partial charge is 0.323 e. The SMILES string of the molecule is Cc1nc(Cl)ccc1NC(=O)C1Cc2ccccc2CN1. The van der Waals surface area contributed by atoms with Crippen molar-refractivity contribution in [2.24, 2.45) is 0 Å². The van der Waals surface area contributed by atoms with E-state index in [0.717, 1.165) is 0 Å². The third-order valence-corrected chi connectivity index (χ3v) is 3.92. The Balaban J connectivity index is 1.72. The third-order valence-electron chi connectivity index (χ3n) is 3.71. The molecule has 108 valence electrons. The number of nitrogens with zero attached hydrogens (tertiary/aromatic N) is 1. The fraction of sp³-hybridized carbons (Fsp3) is 0.250. The van der Waals surface area contributed by atoms with Crippen LogP contribution in [0.5, 0.6) is 0 Å². The molecule has 0 saturated carbocycles. The summed E-state index contributed by atoms with van der Waals surface area (Å²) >= 11 is 5.82. The van der Waals surface area contributed by atoms with Gasteiger partial charge in [-0.1, -0.05) is 35.9 Å². The molecule has 21 heavy (non-hydrogen) atoms. The molecule has 4 nitrogen and oxygen atoms in total. The van der Waals surface area contributed by atoms with Gasteiger partial charge in [-0.2, -0.15) is 0 Å². The summed E-state index contributed by atoms with van der Waals surface area (Å²) in [4.78, 5) is 16.5. The summed E-state index contributed by atoms with van der Waals surface area (Å²) in [7, 11) is 0. The summed E-state index contributed by atoms with van der Waals surface area (Å²) < 4.78 is 0. The molecule has 1 aromatic carbocycles. The molecule has 1 amide bonds. The van der Waals surface area contributed by atoms with E-state index >= 15 is 0 Å². The number of halogens is 1. The molecule has 1 aromatic heterocycles. The maximum absolute atomic E-state index is 12.4. The summed E-state index contributed by atoms with van der Waals surface area (Å²) in [6.07, 6.45) is 0.697. The second-order valence-corrected chi connectivity index (χ2v) is 5.55. The van der Waals surface area contributed by atoms with Crippen LogP contribution in [-0.4, -0.2) is 16.9 Å². The molecule has 0 bridgehead atoms. The molecular weight excluding hydrogens is 286 g/mol. The number of rotatable bonds is 2. The van der Waals surface area contributed by atoms with E-state index in [1.807, 2.05) is 19.1 Å². The fourth-order valence-corrected chi connectivity index (χ4v) is 2.71. The third kappa shape index (κ3) is 3.06. The highest BCUT2D eigenvalue weighted by molar-refractivity contribution is 6.29. The van der Waals surface area contributed by atoms with Crippen molar-refractivity contribution in [1.82, 2.24) is 10.3 Å². The van der Waals surface area contributed by atoms with E-state index in [1.165, 1.54) is 11.1 Å². The molecule has 2 N–H and O–H groups in total. The minimum atomic E-state index is -0.227. The molecule has 0 aliphatic carbocycles. The lowest BCUT2D eigenvalue weighted by molar-refractivity contribution is -0.118. The summed E-state index contributed by atoms with van der Waals surface area (Å²) in [6, 6.07) is 11.4. The van der Waals surface area contributed by atoms with Gasteiger partial charge in [-0.3, -0.25) is 4.79 Å². The monoisotopic (exact) mass is 301 g/mol. The van der Waals surface area contributed by atoms with Gasteiger partial charge >= 0.3 is 0 Å². The molecule has 3 rings (SSSR count). The van der Waals surface area contributed by atoms with E-state index < -0.39 is 0 Å². The number of nitrogens with one attached hydrogen (secondary N) is 2. The Morgan fingerprint density at radius 2 is 2.05 bits per heavy atom. The highest BCUT2D eigenvalue weighted by Gasteiger charge is 2.24. The Labute approximate surface area is 128 Å². The van der Waals surface area contributed by atoms with Crippen LogP contribution in [0.25, 0.3) is 0 Å². The molecule has 1 unspecified atom stereocenters. The number of pyridine rings is 1. The average Bonchev–Trinajstić information content (AvgIpc) is 2.49. The van der Waals surface area contributed by atoms with E-state index in [0.29, 0.717) is 29.5 Å². The van der Waals surface area contributed by atoms with Crippen molar-refractivity contribution in [2.45, 2.75) is 25.9 Å². The molecule has 0 fully saturated rings. The van der Waals surface area contributed by atoms with E-state index in [-0.39, 0.29) is 11.9 Å². The molecule has 0 saturated heterocycles. The van der Waals surface area contributed by atoms with E-state index in [9.17, 15) is 4.79 Å². The van der Waals surface area contributed by atoms with Gasteiger partial charge in [0.15, 0.2) is 0 Å². The van der Waals surface area contributed by atoms with Gasteiger partial charge in [0.2, 0.25) is 5.91 Å². The Hall–Kier alpha value is -1.91. The molecule has 1 aliphatic rings. The zero-order chi connectivity index (χ0) is 14.8. The zero-order valence-corrected chi connectivity index (χ0v) is 12.4. The standard InChI is InChI=1S/C16H16ClN3O/c1-10-13(6-7-15(17)19-10)20-16(21)14-8-11-4-2-3-5-12(11)9-18-14/h2-7,14,18H,8-9H2,1H3,(H,20,21). The van der Waals surface area contributed by atoms with Crippen LogP contribution in [0, 0.1) is 6.92 Å². The smallest absolute Gasteiger partial charge is 0.241 e. The molecule has 1 aliphatic heterocycles. The van der Waals surface area contributed by atoms with Crippen molar-refractivity contribution in [3.63, 3.8) is 0 Å². The van der Waals surface area contributed by atoms with Gasteiger partial charge in [-0.15, -0.1) is 0 Å². The summed E-state index contributed by atoms with van der Waals surface area (Å²) in [5.74, 6) is -0.0447. The number of hydrogen-bond acceptors (Lipinski definition) is 3. The van der Waals surface area contributed by atoms with Gasteiger partial charge in [-0.25, -0.2) is 4.98 Å². The molecule has 0 radical (unpaired) electrons. The van der Waals surface area contributed by atoms with Gasteiger partial charge in [0, 0.05) is 6.54 Å². The van der Waals surface area contributed by atoms with Crippen LogP contribution in [-0.2, 0) is 17.8 Å². The Bertz CT molecular complexity index is 687. The normalized spacial score (nSPS) is 17.1. The van der Waals surface area contributed by atoms with Crippen molar-refractivity contribution in [3.05, 3.63) is 58.4 Å². The quantitative estimate of drug-likeness (QED) is 0.839. The Morgan fingerprint density at radius 3 is 2.81 bits per heavy atom. The number of anilines is 1. The zero-order valence-electron chi connectivity index (χ0n) is 11.7. The van der Waals surface area contributed by atoms with Crippen molar-refractivity contribution >= 4 is 23.2 Å². The number of aromatic nitrogens is 1. The molecule has 2 heterocycles. The number of amides is 1. The van der Waals surface area contributed by atoms with Gasteiger partial charge < -0.3 is 10.6 Å². The van der Waals surface area contributed by atoms with Crippen molar-refractivity contribution in [2.75, 3.05) is 5.32 Å². The van der Waals surface area contributed by atoms with Crippen LogP contribution in [0.4, 0.5) is 5.69 Å². The first-order chi connectivity index (χ1) is 10.1. The number of benzene rings is 1. The lowest BCUT2D eigenvalue weighted by Crippen LogP contribution is -2.44. The minimum Gasteiger partial charge on any atom is -0.323 e. The average molecular weight is 302 g/mol. The first-order valence-corrected chi connectivity index (χ1v) is 7.25. The van der Waals surface area contributed by atoms with Crippen LogP contribution in [0.3, 0.4) is 0 Å². The van der Waals surface area contributed by atoms with Crippen LogP contribution < -0.4 is 10.6 Å². The Morgan fingerprint density at radius 1 is 1.29 bits per heavy atom. The number of carbonyl (C=O) groups excluding carboxylic acids is 1. The lowest BCUT2D eigenvalue weighted by Gasteiger charge is -2.25. The van der Waals surface area contributed by atoms with E-state index in [1.54, 1.807) is 12.1 Å². The number of carbonyl (C=O) groups is 1. The van der Waals surface area contributed by atoms with Crippen molar-refractivity contribution in [3.8, 4) is 0 Å². The van der Waals surface area contributed by atoms with Gasteiger partial charge in [0.05, 0.1) is 17.4 Å². The predicted octanol–water partition coefficient (Wildman–Crippen LogP) is 2.70. The lowest BCUT2D eigenvalue weighted by atomic mass is 9.95. The minimum absolute atomic E-state index is 0.0447. The molecule has 2 aromatic rings. The number of aryl methyl sites for hydroxylation is 1. The second kappa shape index (κ2) is 5.84. The molecule has 0 spiro atoms. The number of fused-ring (bicyclic) bond motifs is 1. The van der Waals surface area contributed by atoms with Crippen LogP contribution in [0.15, 0.2) is 36.4 Å². The first kappa shape index (κ1) is 14.0. The topological polar surface area (TPSA) is 54.0 Å². The van der Waals surface area contributed by atoms with Crippen molar-refractivity contribution < 1.29 is 4.79 Å². The molecule has 5 heteroatoms. The Kier molecular flexibility index (Phi) is 3.90. The van der Waals surface area contributed by atoms with E-state index in [2.05, 4.69) is 27.8 Å². The molecular formula is C16H16ClN3O. The summed E-state index contributed by atoms with van der Waals surface area (Å²) in [6.45, 7) is 2.54. The van der Waals surface area contributed by atoms with Crippen LogP contribution >= 0.6 is 11.6 Å². The fourth-order valence-electron chi connectivity index (χ4n) is 2.52. The van der Waals surface area contributed by atoms with Crippen LogP contribution in [0.2, 0.25) is 5.15 Å². The molecule has 1 atom stereocenters. The summed E-state index contributed by atoms with van der Waals surface area (Å²) in [5.41, 5.74) is 3.89. The van der Waals surface area contributed by atoms with Gasteiger partial charge in [0.1, 0.15) is 5.15 Å². The van der Waals surface area contributed by atoms with Gasteiger partial charge in [0.25, 0.3) is 0 Å². The highest BCUT2D eigenvalue weighted by Crippen LogP contribution is 2.19. The second-order valence-electron chi connectivity index (χ2n) is 5.16. The summed E-state index contributed by atoms with van der Waals surface area (Å²) in [5, 5.41) is 6.61. The first-order valence-electron chi connectivity index (χ1n) is 6.87. The predicted molar refractivity (Wildman–Crippen MR) is 83.4 cm³/mol.